The van der Waals surface area contributed by atoms with Crippen LogP contribution in [0, 0.1) is 6.92 Å². The van der Waals surface area contributed by atoms with E-state index >= 15 is 0 Å². The Bertz CT molecular complexity index is 611. The summed E-state index contributed by atoms with van der Waals surface area (Å²) < 4.78 is 1.01. The van der Waals surface area contributed by atoms with E-state index in [1.165, 1.54) is 11.3 Å². The van der Waals surface area contributed by atoms with Crippen LogP contribution >= 0.6 is 38.9 Å². The van der Waals surface area contributed by atoms with Gasteiger partial charge < -0.3 is 4.90 Å². The summed E-state index contributed by atoms with van der Waals surface area (Å²) in [6, 6.07) is 7.92. The van der Waals surface area contributed by atoms with Crippen molar-refractivity contribution < 1.29 is 4.79 Å². The van der Waals surface area contributed by atoms with Crippen LogP contribution in [0.4, 0.5) is 0 Å². The van der Waals surface area contributed by atoms with Crippen LogP contribution in [0.1, 0.15) is 20.8 Å². The van der Waals surface area contributed by atoms with E-state index in [0.29, 0.717) is 16.4 Å². The van der Waals surface area contributed by atoms with Gasteiger partial charge in [-0.05, 0) is 35.6 Å². The van der Waals surface area contributed by atoms with E-state index in [1.807, 2.05) is 36.6 Å². The molecule has 0 radical (unpaired) electrons. The zero-order valence-corrected chi connectivity index (χ0v) is 13.8. The number of amides is 1. The third-order valence-corrected chi connectivity index (χ3v) is 4.93. The van der Waals surface area contributed by atoms with Crippen LogP contribution in [0.2, 0.25) is 5.02 Å². The summed E-state index contributed by atoms with van der Waals surface area (Å²) in [7, 11) is 1.79. The highest BCUT2D eigenvalue weighted by molar-refractivity contribution is 9.10. The molecule has 19 heavy (non-hydrogen) atoms. The SMILES string of the molecule is Cc1csc(C(=O)N(C)Cc2cccc(Br)c2)c1Cl. The first-order chi connectivity index (χ1) is 8.99. The second kappa shape index (κ2) is 6.07. The van der Waals surface area contributed by atoms with Crippen LogP contribution in [0.15, 0.2) is 34.1 Å². The van der Waals surface area contributed by atoms with Gasteiger partial charge in [-0.15, -0.1) is 11.3 Å². The third kappa shape index (κ3) is 3.38. The van der Waals surface area contributed by atoms with Gasteiger partial charge in [0.2, 0.25) is 0 Å². The minimum absolute atomic E-state index is 0.0388. The van der Waals surface area contributed by atoms with Gasteiger partial charge in [-0.2, -0.15) is 0 Å². The highest BCUT2D eigenvalue weighted by Gasteiger charge is 2.18. The van der Waals surface area contributed by atoms with E-state index in [0.717, 1.165) is 15.6 Å². The lowest BCUT2D eigenvalue weighted by Gasteiger charge is -2.17. The normalized spacial score (nSPS) is 10.5. The van der Waals surface area contributed by atoms with Gasteiger partial charge in [-0.25, -0.2) is 0 Å². The topological polar surface area (TPSA) is 20.3 Å². The number of hydrogen-bond donors (Lipinski definition) is 0. The number of nitrogens with zero attached hydrogens (tertiary/aromatic N) is 1. The number of aryl methyl sites for hydroxylation is 1. The molecule has 2 rings (SSSR count). The van der Waals surface area contributed by atoms with Gasteiger partial charge in [0.25, 0.3) is 5.91 Å². The smallest absolute Gasteiger partial charge is 0.265 e. The van der Waals surface area contributed by atoms with Crippen molar-refractivity contribution in [1.29, 1.82) is 0 Å². The Labute approximate surface area is 130 Å². The lowest BCUT2D eigenvalue weighted by atomic mass is 10.2. The van der Waals surface area contributed by atoms with Gasteiger partial charge in [0.1, 0.15) is 4.88 Å². The largest absolute Gasteiger partial charge is 0.337 e. The van der Waals surface area contributed by atoms with Crippen molar-refractivity contribution in [3.05, 3.63) is 55.1 Å². The molecule has 0 saturated heterocycles. The van der Waals surface area contributed by atoms with Gasteiger partial charge in [0.15, 0.2) is 0 Å². The first-order valence-electron chi connectivity index (χ1n) is 5.72. The average molecular weight is 359 g/mol. The van der Waals surface area contributed by atoms with Crippen LogP contribution in [-0.2, 0) is 6.54 Å². The van der Waals surface area contributed by atoms with Crippen molar-refractivity contribution in [2.75, 3.05) is 7.05 Å². The summed E-state index contributed by atoms with van der Waals surface area (Å²) in [5.41, 5.74) is 2.03. The number of carbonyl (C=O) groups is 1. The molecule has 1 heterocycles. The second-order valence-corrected chi connectivity index (χ2v) is 6.53. The van der Waals surface area contributed by atoms with E-state index < -0.39 is 0 Å². The lowest BCUT2D eigenvalue weighted by Crippen LogP contribution is -2.25. The molecule has 0 atom stereocenters. The number of benzene rings is 1. The predicted molar refractivity (Wildman–Crippen MR) is 84.0 cm³/mol. The Balaban J connectivity index is 2.14. The molecule has 1 amide bonds. The van der Waals surface area contributed by atoms with Crippen molar-refractivity contribution in [2.45, 2.75) is 13.5 Å². The minimum Gasteiger partial charge on any atom is -0.337 e. The summed E-state index contributed by atoms with van der Waals surface area (Å²) in [5, 5.41) is 2.47. The monoisotopic (exact) mass is 357 g/mol. The quantitative estimate of drug-likeness (QED) is 0.775. The van der Waals surface area contributed by atoms with Crippen LogP contribution in [0.5, 0.6) is 0 Å². The van der Waals surface area contributed by atoms with Crippen molar-refractivity contribution in [3.63, 3.8) is 0 Å². The Morgan fingerprint density at radius 2 is 2.21 bits per heavy atom. The van der Waals surface area contributed by atoms with Crippen molar-refractivity contribution in [3.8, 4) is 0 Å². The van der Waals surface area contributed by atoms with E-state index in [2.05, 4.69) is 15.9 Å². The molecule has 0 bridgehead atoms. The molecule has 0 aliphatic heterocycles. The van der Waals surface area contributed by atoms with E-state index in [4.69, 9.17) is 11.6 Å². The summed E-state index contributed by atoms with van der Waals surface area (Å²) in [4.78, 5) is 14.6. The van der Waals surface area contributed by atoms with Crippen molar-refractivity contribution in [1.82, 2.24) is 4.90 Å². The summed E-state index contributed by atoms with van der Waals surface area (Å²) in [6.45, 7) is 2.47. The molecule has 0 aliphatic carbocycles. The first kappa shape index (κ1) is 14.6. The third-order valence-electron chi connectivity index (χ3n) is 2.75. The number of hydrogen-bond acceptors (Lipinski definition) is 2. The number of carbonyl (C=O) groups excluding carboxylic acids is 1. The standard InChI is InChI=1S/C14H13BrClNOS/c1-9-8-19-13(12(9)16)14(18)17(2)7-10-4-3-5-11(15)6-10/h3-6,8H,7H2,1-2H3. The van der Waals surface area contributed by atoms with Gasteiger partial charge in [0.05, 0.1) is 5.02 Å². The molecule has 2 nitrogen and oxygen atoms in total. The van der Waals surface area contributed by atoms with E-state index in [-0.39, 0.29) is 5.91 Å². The first-order valence-corrected chi connectivity index (χ1v) is 7.77. The van der Waals surface area contributed by atoms with Crippen LogP contribution in [-0.4, -0.2) is 17.9 Å². The highest BCUT2D eigenvalue weighted by atomic mass is 79.9. The highest BCUT2D eigenvalue weighted by Crippen LogP contribution is 2.28. The molecule has 2 aromatic rings. The van der Waals surface area contributed by atoms with Gasteiger partial charge >= 0.3 is 0 Å². The summed E-state index contributed by atoms with van der Waals surface area (Å²) in [5.74, 6) is -0.0388. The molecule has 0 aliphatic rings. The van der Waals surface area contributed by atoms with Gasteiger partial charge in [0, 0.05) is 18.1 Å². The van der Waals surface area contributed by atoms with Crippen molar-refractivity contribution >= 4 is 44.8 Å². The fourth-order valence-corrected chi connectivity index (χ4v) is 3.44. The fourth-order valence-electron chi connectivity index (χ4n) is 1.73. The fraction of sp³-hybridized carbons (Fsp3) is 0.214. The maximum absolute atomic E-state index is 12.3. The Kier molecular flexibility index (Phi) is 4.66. The summed E-state index contributed by atoms with van der Waals surface area (Å²) in [6.07, 6.45) is 0. The minimum atomic E-state index is -0.0388. The molecule has 0 spiro atoms. The van der Waals surface area contributed by atoms with Crippen LogP contribution < -0.4 is 0 Å². The zero-order valence-electron chi connectivity index (χ0n) is 10.6. The molecule has 0 fully saturated rings. The molecule has 5 heteroatoms. The maximum Gasteiger partial charge on any atom is 0.265 e. The maximum atomic E-state index is 12.3. The number of halogens is 2. The zero-order chi connectivity index (χ0) is 14.0. The number of thiophene rings is 1. The molecular formula is C14H13BrClNOS. The van der Waals surface area contributed by atoms with Gasteiger partial charge in [-0.1, -0.05) is 39.7 Å². The molecule has 1 aromatic heterocycles. The van der Waals surface area contributed by atoms with Crippen LogP contribution in [0.3, 0.4) is 0 Å². The summed E-state index contributed by atoms with van der Waals surface area (Å²) >= 11 is 11.0. The van der Waals surface area contributed by atoms with Crippen LogP contribution in [0.25, 0.3) is 0 Å². The Morgan fingerprint density at radius 3 is 2.79 bits per heavy atom. The lowest BCUT2D eigenvalue weighted by molar-refractivity contribution is 0.0790. The molecular weight excluding hydrogens is 346 g/mol. The molecule has 1 aromatic carbocycles. The van der Waals surface area contributed by atoms with E-state index in [9.17, 15) is 4.79 Å². The molecule has 100 valence electrons. The Morgan fingerprint density at radius 1 is 1.47 bits per heavy atom. The Hall–Kier alpha value is -0.840. The molecule has 0 saturated carbocycles. The number of rotatable bonds is 3. The molecule has 0 N–H and O–H groups in total. The predicted octanol–water partition coefficient (Wildman–Crippen LogP) is 4.74. The van der Waals surface area contributed by atoms with Gasteiger partial charge in [-0.3, -0.25) is 4.79 Å². The van der Waals surface area contributed by atoms with E-state index in [1.54, 1.807) is 11.9 Å². The average Bonchev–Trinajstić information content (AvgIpc) is 2.69. The molecule has 0 unspecified atom stereocenters. The second-order valence-electron chi connectivity index (χ2n) is 4.35. The van der Waals surface area contributed by atoms with Crippen molar-refractivity contribution in [2.24, 2.45) is 0 Å².